The Hall–Kier alpha value is -2.34. The summed E-state index contributed by atoms with van der Waals surface area (Å²) >= 11 is 0. The largest absolute Gasteiger partial charge is 0.395 e. The van der Waals surface area contributed by atoms with Crippen LogP contribution in [0, 0.1) is 0 Å². The molecule has 0 saturated carbocycles. The molecule has 2 amide bonds. The summed E-state index contributed by atoms with van der Waals surface area (Å²) in [6.45, 7) is 4.71. The zero-order chi connectivity index (χ0) is 15.9. The van der Waals surface area contributed by atoms with Crippen LogP contribution in [0.15, 0.2) is 42.6 Å². The van der Waals surface area contributed by atoms with E-state index in [9.17, 15) is 4.79 Å². The number of hydrogen-bond acceptors (Lipinski definition) is 3. The average molecular weight is 302 g/mol. The molecule has 118 valence electrons. The Morgan fingerprint density at radius 2 is 2.09 bits per heavy atom. The summed E-state index contributed by atoms with van der Waals surface area (Å²) in [5.41, 5.74) is 1.15. The Bertz CT molecular complexity index is 597. The summed E-state index contributed by atoms with van der Waals surface area (Å²) in [5.74, 6) is 0.504. The van der Waals surface area contributed by atoms with Crippen LogP contribution in [0.1, 0.15) is 25.5 Å². The number of nitrogens with zero attached hydrogens (tertiary/aromatic N) is 3. The van der Waals surface area contributed by atoms with E-state index in [1.165, 1.54) is 4.90 Å². The molecule has 2 N–H and O–H groups in total. The highest BCUT2D eigenvalue weighted by atomic mass is 16.3. The Labute approximate surface area is 130 Å². The number of urea groups is 1. The number of amides is 2. The fraction of sp³-hybridized carbons (Fsp3) is 0.375. The Balaban J connectivity index is 2.04. The number of aromatic nitrogens is 2. The monoisotopic (exact) mass is 302 g/mol. The lowest BCUT2D eigenvalue weighted by Crippen LogP contribution is -2.36. The van der Waals surface area contributed by atoms with Crippen LogP contribution in [-0.2, 0) is 0 Å². The third-order valence-corrected chi connectivity index (χ3v) is 3.56. The van der Waals surface area contributed by atoms with Gasteiger partial charge in [-0.3, -0.25) is 10.00 Å². The molecular weight excluding hydrogens is 280 g/mol. The lowest BCUT2D eigenvalue weighted by Gasteiger charge is -2.19. The molecule has 0 aliphatic carbocycles. The van der Waals surface area contributed by atoms with Gasteiger partial charge in [-0.2, -0.15) is 5.10 Å². The first-order valence-electron chi connectivity index (χ1n) is 7.42. The molecule has 2 rings (SSSR count). The van der Waals surface area contributed by atoms with E-state index in [1.54, 1.807) is 6.07 Å². The maximum absolute atomic E-state index is 12.0. The van der Waals surface area contributed by atoms with E-state index in [4.69, 9.17) is 5.11 Å². The highest BCUT2D eigenvalue weighted by Crippen LogP contribution is 2.18. The molecule has 2 aromatic rings. The van der Waals surface area contributed by atoms with Crippen LogP contribution in [0.25, 0.3) is 0 Å². The number of carbonyl (C=O) groups excluding carboxylic acids is 1. The van der Waals surface area contributed by atoms with Gasteiger partial charge in [-0.15, -0.1) is 0 Å². The topological polar surface area (TPSA) is 70.4 Å². The summed E-state index contributed by atoms with van der Waals surface area (Å²) < 4.78 is 1.81. The van der Waals surface area contributed by atoms with Crippen molar-refractivity contribution in [2.75, 3.05) is 25.0 Å². The van der Waals surface area contributed by atoms with Crippen molar-refractivity contribution in [1.29, 1.82) is 0 Å². The average Bonchev–Trinajstić information content (AvgIpc) is 3.01. The molecule has 22 heavy (non-hydrogen) atoms. The zero-order valence-electron chi connectivity index (χ0n) is 12.9. The Kier molecular flexibility index (Phi) is 5.55. The van der Waals surface area contributed by atoms with E-state index in [0.717, 1.165) is 5.56 Å². The van der Waals surface area contributed by atoms with Crippen LogP contribution in [0.3, 0.4) is 0 Å². The molecular formula is C16H22N4O2. The van der Waals surface area contributed by atoms with Gasteiger partial charge in [0.1, 0.15) is 0 Å². The first-order chi connectivity index (χ1) is 10.7. The SMILES string of the molecule is CCN(CCO)C(=O)Nc1ccn(C(C)c2ccccc2)n1. The molecule has 1 atom stereocenters. The van der Waals surface area contributed by atoms with Crippen LogP contribution < -0.4 is 5.32 Å². The quantitative estimate of drug-likeness (QED) is 0.860. The predicted molar refractivity (Wildman–Crippen MR) is 85.8 cm³/mol. The summed E-state index contributed by atoms with van der Waals surface area (Å²) in [4.78, 5) is 13.6. The van der Waals surface area contributed by atoms with Crippen LogP contribution in [0.2, 0.25) is 0 Å². The van der Waals surface area contributed by atoms with Gasteiger partial charge < -0.3 is 10.0 Å². The number of carbonyl (C=O) groups is 1. The highest BCUT2D eigenvalue weighted by molar-refractivity contribution is 5.88. The molecule has 0 spiro atoms. The second kappa shape index (κ2) is 7.61. The molecule has 0 bridgehead atoms. The maximum Gasteiger partial charge on any atom is 0.323 e. The Morgan fingerprint density at radius 3 is 2.73 bits per heavy atom. The fourth-order valence-corrected chi connectivity index (χ4v) is 2.22. The van der Waals surface area contributed by atoms with Gasteiger partial charge in [-0.1, -0.05) is 30.3 Å². The van der Waals surface area contributed by atoms with Gasteiger partial charge in [0.05, 0.1) is 12.6 Å². The van der Waals surface area contributed by atoms with E-state index in [-0.39, 0.29) is 18.7 Å². The van der Waals surface area contributed by atoms with Crippen molar-refractivity contribution < 1.29 is 9.90 Å². The minimum Gasteiger partial charge on any atom is -0.395 e. The molecule has 1 heterocycles. The lowest BCUT2D eigenvalue weighted by atomic mass is 10.1. The second-order valence-corrected chi connectivity index (χ2v) is 5.00. The van der Waals surface area contributed by atoms with Crippen LogP contribution >= 0.6 is 0 Å². The smallest absolute Gasteiger partial charge is 0.323 e. The number of hydrogen-bond donors (Lipinski definition) is 2. The molecule has 0 aliphatic rings. The normalized spacial score (nSPS) is 12.0. The van der Waals surface area contributed by atoms with Gasteiger partial charge in [0, 0.05) is 25.4 Å². The standard InChI is InChI=1S/C16H22N4O2/c1-3-19(11-12-21)16(22)17-15-9-10-20(18-15)13(2)14-7-5-4-6-8-14/h4-10,13,21H,3,11-12H2,1-2H3,(H,17,18,22). The number of anilines is 1. The van der Waals surface area contributed by atoms with E-state index >= 15 is 0 Å². The minimum atomic E-state index is -0.255. The number of rotatable bonds is 6. The molecule has 0 aliphatic heterocycles. The minimum absolute atomic E-state index is 0.0548. The summed E-state index contributed by atoms with van der Waals surface area (Å²) in [6.07, 6.45) is 1.84. The first kappa shape index (κ1) is 16.0. The molecule has 1 aromatic carbocycles. The highest BCUT2D eigenvalue weighted by Gasteiger charge is 2.14. The van der Waals surface area contributed by atoms with Gasteiger partial charge in [0.25, 0.3) is 0 Å². The van der Waals surface area contributed by atoms with Gasteiger partial charge in [0.15, 0.2) is 5.82 Å². The van der Waals surface area contributed by atoms with Crippen LogP contribution in [0.4, 0.5) is 10.6 Å². The number of nitrogens with one attached hydrogen (secondary N) is 1. The number of benzene rings is 1. The second-order valence-electron chi connectivity index (χ2n) is 5.00. The third kappa shape index (κ3) is 3.85. The molecule has 1 aromatic heterocycles. The van der Waals surface area contributed by atoms with Crippen molar-refractivity contribution >= 4 is 11.8 Å². The fourth-order valence-electron chi connectivity index (χ4n) is 2.22. The predicted octanol–water partition coefficient (Wildman–Crippen LogP) is 2.34. The van der Waals surface area contributed by atoms with Crippen LogP contribution in [-0.4, -0.2) is 45.5 Å². The molecule has 0 radical (unpaired) electrons. The molecule has 6 heteroatoms. The summed E-state index contributed by atoms with van der Waals surface area (Å²) in [5, 5.41) is 16.1. The number of likely N-dealkylation sites (N-methyl/N-ethyl adjacent to an activating group) is 1. The van der Waals surface area contributed by atoms with E-state index in [1.807, 2.05) is 48.1 Å². The maximum atomic E-state index is 12.0. The molecule has 6 nitrogen and oxygen atoms in total. The van der Waals surface area contributed by atoms with Crippen molar-refractivity contribution in [1.82, 2.24) is 14.7 Å². The van der Waals surface area contributed by atoms with Gasteiger partial charge >= 0.3 is 6.03 Å². The van der Waals surface area contributed by atoms with Crippen molar-refractivity contribution in [2.24, 2.45) is 0 Å². The Morgan fingerprint density at radius 1 is 1.36 bits per heavy atom. The molecule has 1 unspecified atom stereocenters. The van der Waals surface area contributed by atoms with Crippen molar-refractivity contribution in [3.8, 4) is 0 Å². The number of aliphatic hydroxyl groups is 1. The van der Waals surface area contributed by atoms with E-state index in [0.29, 0.717) is 18.9 Å². The third-order valence-electron chi connectivity index (χ3n) is 3.56. The van der Waals surface area contributed by atoms with Crippen molar-refractivity contribution in [3.05, 3.63) is 48.2 Å². The first-order valence-corrected chi connectivity index (χ1v) is 7.42. The molecule has 0 fully saturated rings. The lowest BCUT2D eigenvalue weighted by molar-refractivity contribution is 0.192. The van der Waals surface area contributed by atoms with Crippen molar-refractivity contribution in [3.63, 3.8) is 0 Å². The van der Waals surface area contributed by atoms with E-state index in [2.05, 4.69) is 17.3 Å². The van der Waals surface area contributed by atoms with Gasteiger partial charge in [0.2, 0.25) is 0 Å². The summed E-state index contributed by atoms with van der Waals surface area (Å²) in [7, 11) is 0. The number of aliphatic hydroxyl groups excluding tert-OH is 1. The van der Waals surface area contributed by atoms with Crippen LogP contribution in [0.5, 0.6) is 0 Å². The van der Waals surface area contributed by atoms with Crippen molar-refractivity contribution in [2.45, 2.75) is 19.9 Å². The summed E-state index contributed by atoms with van der Waals surface area (Å²) in [6, 6.07) is 11.7. The zero-order valence-corrected chi connectivity index (χ0v) is 12.9. The van der Waals surface area contributed by atoms with Gasteiger partial charge in [-0.05, 0) is 19.4 Å². The van der Waals surface area contributed by atoms with E-state index < -0.39 is 0 Å². The molecule has 0 saturated heterocycles. The van der Waals surface area contributed by atoms with Gasteiger partial charge in [-0.25, -0.2) is 4.79 Å².